The molecule has 0 saturated carbocycles. The smallest absolute Gasteiger partial charge is 0.297 e. The molecule has 0 aliphatic carbocycles. The molecule has 0 aliphatic heterocycles. The third-order valence-corrected chi connectivity index (χ3v) is 5.09. The van der Waals surface area contributed by atoms with Gasteiger partial charge in [-0.2, -0.15) is 0 Å². The molecular weight excluding hydrogens is 406 g/mol. The van der Waals surface area contributed by atoms with E-state index in [9.17, 15) is 9.59 Å². The van der Waals surface area contributed by atoms with Crippen LogP contribution >= 0.6 is 11.6 Å². The van der Waals surface area contributed by atoms with Crippen molar-refractivity contribution in [1.29, 1.82) is 0 Å². The number of carbonyl (C=O) groups is 1. The van der Waals surface area contributed by atoms with Crippen molar-refractivity contribution in [3.8, 4) is 5.75 Å². The molecule has 0 radical (unpaired) electrons. The molecule has 0 bridgehead atoms. The normalized spacial score (nSPS) is 11.2. The molecule has 9 heteroatoms. The van der Waals surface area contributed by atoms with E-state index in [4.69, 9.17) is 16.3 Å². The molecule has 4 aromatic rings. The van der Waals surface area contributed by atoms with Crippen molar-refractivity contribution in [2.45, 2.75) is 26.3 Å². The van der Waals surface area contributed by atoms with Crippen molar-refractivity contribution in [3.63, 3.8) is 0 Å². The van der Waals surface area contributed by atoms with Crippen LogP contribution in [-0.2, 0) is 17.8 Å². The van der Waals surface area contributed by atoms with Gasteiger partial charge in [-0.25, -0.2) is 0 Å². The van der Waals surface area contributed by atoms with Gasteiger partial charge in [0.25, 0.3) is 5.56 Å². The van der Waals surface area contributed by atoms with E-state index in [1.54, 1.807) is 22.6 Å². The number of hydrogen-bond donors (Lipinski definition) is 1. The monoisotopic (exact) mass is 425 g/mol. The molecule has 2 aromatic carbocycles. The first-order chi connectivity index (χ1) is 14.5. The van der Waals surface area contributed by atoms with Gasteiger partial charge >= 0.3 is 0 Å². The lowest BCUT2D eigenvalue weighted by molar-refractivity contribution is -0.116. The standard InChI is InChI=1S/C21H20ClN5O3/c1-3-6-18-24-25-20-21(29)26(15-7-4-5-8-16(15)27(18)20)12-19(28)23-13-9-10-17(30-2)14(22)11-13/h4-5,7-11H,3,6,12H2,1-2H3,(H,23,28). The minimum absolute atomic E-state index is 0.171. The minimum Gasteiger partial charge on any atom is -0.495 e. The summed E-state index contributed by atoms with van der Waals surface area (Å²) < 4.78 is 8.31. The topological polar surface area (TPSA) is 90.5 Å². The highest BCUT2D eigenvalue weighted by Crippen LogP contribution is 2.27. The Morgan fingerprint density at radius 3 is 2.63 bits per heavy atom. The van der Waals surface area contributed by atoms with Crippen molar-refractivity contribution < 1.29 is 9.53 Å². The van der Waals surface area contributed by atoms with Crippen LogP contribution in [0.5, 0.6) is 5.75 Å². The maximum atomic E-state index is 13.1. The number of benzene rings is 2. The summed E-state index contributed by atoms with van der Waals surface area (Å²) in [6.45, 7) is 1.87. The molecule has 1 amide bonds. The first-order valence-corrected chi connectivity index (χ1v) is 9.90. The molecule has 2 heterocycles. The van der Waals surface area contributed by atoms with Crippen molar-refractivity contribution in [2.24, 2.45) is 0 Å². The lowest BCUT2D eigenvalue weighted by Crippen LogP contribution is -2.29. The first kappa shape index (κ1) is 19.9. The molecule has 4 rings (SSSR count). The number of nitrogens with zero attached hydrogens (tertiary/aromatic N) is 4. The van der Waals surface area contributed by atoms with Crippen LogP contribution in [-0.4, -0.2) is 32.2 Å². The lowest BCUT2D eigenvalue weighted by Gasteiger charge is -2.13. The van der Waals surface area contributed by atoms with E-state index in [1.165, 1.54) is 11.7 Å². The number of fused-ring (bicyclic) bond motifs is 3. The highest BCUT2D eigenvalue weighted by molar-refractivity contribution is 6.32. The second-order valence-corrected chi connectivity index (χ2v) is 7.21. The van der Waals surface area contributed by atoms with E-state index in [0.717, 1.165) is 17.8 Å². The Morgan fingerprint density at radius 1 is 1.17 bits per heavy atom. The number of amides is 1. The molecule has 0 atom stereocenters. The van der Waals surface area contributed by atoms with E-state index in [2.05, 4.69) is 15.5 Å². The van der Waals surface area contributed by atoms with Crippen LogP contribution in [0, 0.1) is 0 Å². The number of methoxy groups -OCH3 is 1. The van der Waals surface area contributed by atoms with Gasteiger partial charge in [0.2, 0.25) is 11.6 Å². The molecule has 8 nitrogen and oxygen atoms in total. The fraction of sp³-hybridized carbons (Fsp3) is 0.238. The second kappa shape index (κ2) is 8.16. The van der Waals surface area contributed by atoms with Gasteiger partial charge in [-0.1, -0.05) is 30.7 Å². The molecule has 0 aliphatic rings. The zero-order valence-corrected chi connectivity index (χ0v) is 17.3. The Bertz CT molecular complexity index is 1310. The highest BCUT2D eigenvalue weighted by Gasteiger charge is 2.17. The number of para-hydroxylation sites is 2. The summed E-state index contributed by atoms with van der Waals surface area (Å²) in [5, 5.41) is 11.4. The van der Waals surface area contributed by atoms with Crippen LogP contribution in [0.3, 0.4) is 0 Å². The SMILES string of the molecule is CCCc1nnc2c(=O)n(CC(=O)Nc3ccc(OC)c(Cl)c3)c3ccccc3n12. The van der Waals surface area contributed by atoms with Gasteiger partial charge in [0.1, 0.15) is 18.1 Å². The van der Waals surface area contributed by atoms with Crippen LogP contribution < -0.4 is 15.6 Å². The number of rotatable bonds is 6. The van der Waals surface area contributed by atoms with Gasteiger partial charge in [-0.15, -0.1) is 10.2 Å². The van der Waals surface area contributed by atoms with Crippen molar-refractivity contribution >= 4 is 39.9 Å². The molecular formula is C21H20ClN5O3. The Hall–Kier alpha value is -3.39. The number of halogens is 1. The molecule has 30 heavy (non-hydrogen) atoms. The van der Waals surface area contributed by atoms with E-state index in [-0.39, 0.29) is 23.7 Å². The van der Waals surface area contributed by atoms with E-state index in [1.807, 2.05) is 31.2 Å². The fourth-order valence-electron chi connectivity index (χ4n) is 3.45. The van der Waals surface area contributed by atoms with Crippen molar-refractivity contribution in [3.05, 3.63) is 63.7 Å². The fourth-order valence-corrected chi connectivity index (χ4v) is 3.71. The second-order valence-electron chi connectivity index (χ2n) is 6.80. The van der Waals surface area contributed by atoms with Gasteiger partial charge < -0.3 is 10.1 Å². The predicted molar refractivity (Wildman–Crippen MR) is 115 cm³/mol. The van der Waals surface area contributed by atoms with Gasteiger partial charge in [0.05, 0.1) is 23.2 Å². The average Bonchev–Trinajstić information content (AvgIpc) is 3.16. The predicted octanol–water partition coefficient (Wildman–Crippen LogP) is 3.30. The van der Waals surface area contributed by atoms with E-state index >= 15 is 0 Å². The summed E-state index contributed by atoms with van der Waals surface area (Å²) in [4.78, 5) is 25.8. The summed E-state index contributed by atoms with van der Waals surface area (Å²) in [6, 6.07) is 12.4. The number of carbonyl (C=O) groups excluding carboxylic acids is 1. The van der Waals surface area contributed by atoms with E-state index < -0.39 is 0 Å². The number of ether oxygens (including phenoxy) is 1. The third kappa shape index (κ3) is 3.50. The number of nitrogens with one attached hydrogen (secondary N) is 1. The first-order valence-electron chi connectivity index (χ1n) is 9.52. The summed E-state index contributed by atoms with van der Waals surface area (Å²) in [5.41, 5.74) is 1.76. The highest BCUT2D eigenvalue weighted by atomic mass is 35.5. The lowest BCUT2D eigenvalue weighted by atomic mass is 10.2. The summed E-state index contributed by atoms with van der Waals surface area (Å²) in [5.74, 6) is 0.878. The zero-order valence-electron chi connectivity index (χ0n) is 16.6. The van der Waals surface area contributed by atoms with Crippen molar-refractivity contribution in [2.75, 3.05) is 12.4 Å². The number of aryl methyl sites for hydroxylation is 1. The van der Waals surface area contributed by atoms with Crippen LogP contribution in [0.25, 0.3) is 16.7 Å². The van der Waals surface area contributed by atoms with Crippen molar-refractivity contribution in [1.82, 2.24) is 19.2 Å². The average molecular weight is 426 g/mol. The Labute approximate surface area is 177 Å². The Balaban J connectivity index is 1.73. The molecule has 0 fully saturated rings. The Kier molecular flexibility index (Phi) is 5.41. The van der Waals surface area contributed by atoms with Gasteiger partial charge in [-0.3, -0.25) is 18.6 Å². The number of anilines is 1. The maximum absolute atomic E-state index is 13.1. The molecule has 0 unspecified atom stereocenters. The van der Waals surface area contributed by atoms with Gasteiger partial charge in [0.15, 0.2) is 0 Å². The summed E-state index contributed by atoms with van der Waals surface area (Å²) in [7, 11) is 1.52. The largest absolute Gasteiger partial charge is 0.495 e. The number of aromatic nitrogens is 4. The zero-order chi connectivity index (χ0) is 21.3. The quantitative estimate of drug-likeness (QED) is 0.512. The molecule has 154 valence electrons. The summed E-state index contributed by atoms with van der Waals surface area (Å²) >= 11 is 6.12. The molecule has 0 spiro atoms. The van der Waals surface area contributed by atoms with Crippen LogP contribution in [0.1, 0.15) is 19.2 Å². The van der Waals surface area contributed by atoms with Crippen LogP contribution in [0.15, 0.2) is 47.3 Å². The molecule has 1 N–H and O–H groups in total. The minimum atomic E-state index is -0.369. The third-order valence-electron chi connectivity index (χ3n) is 4.79. The summed E-state index contributed by atoms with van der Waals surface area (Å²) in [6.07, 6.45) is 1.58. The Morgan fingerprint density at radius 2 is 1.93 bits per heavy atom. The number of hydrogen-bond acceptors (Lipinski definition) is 5. The molecule has 0 saturated heterocycles. The maximum Gasteiger partial charge on any atom is 0.297 e. The van der Waals surface area contributed by atoms with Gasteiger partial charge in [-0.05, 0) is 36.8 Å². The van der Waals surface area contributed by atoms with Crippen LogP contribution in [0.2, 0.25) is 5.02 Å². The van der Waals surface area contributed by atoms with E-state index in [0.29, 0.717) is 28.4 Å². The van der Waals surface area contributed by atoms with Gasteiger partial charge in [0, 0.05) is 12.1 Å². The molecule has 2 aromatic heterocycles. The van der Waals surface area contributed by atoms with Crippen LogP contribution in [0.4, 0.5) is 5.69 Å².